The van der Waals surface area contributed by atoms with Crippen molar-refractivity contribution in [2.75, 3.05) is 15.4 Å². The second kappa shape index (κ2) is 6.99. The summed E-state index contributed by atoms with van der Waals surface area (Å²) in [6.45, 7) is 9.44. The highest BCUT2D eigenvalue weighted by molar-refractivity contribution is 7.94. The molecule has 154 valence electrons. The Balaban J connectivity index is 1.85. The number of sulfonamides is 1. The summed E-state index contributed by atoms with van der Waals surface area (Å²) < 4.78 is 25.6. The highest BCUT2D eigenvalue weighted by Crippen LogP contribution is 2.36. The van der Waals surface area contributed by atoms with Crippen molar-refractivity contribution in [3.8, 4) is 0 Å². The molecule has 0 aromatic heterocycles. The Morgan fingerprint density at radius 2 is 1.62 bits per heavy atom. The highest BCUT2D eigenvalue weighted by atomic mass is 32.2. The molecule has 1 fully saturated rings. The molecule has 1 N–H and O–H groups in total. The van der Waals surface area contributed by atoms with Crippen LogP contribution in [0.4, 0.5) is 11.4 Å². The molecule has 2 aromatic carbocycles. The van der Waals surface area contributed by atoms with Gasteiger partial charge in [0.1, 0.15) is 0 Å². The number of carbonyl (C=O) groups is 2. The number of nitrogens with zero attached hydrogens (tertiary/aromatic N) is 1. The number of benzene rings is 2. The van der Waals surface area contributed by atoms with Crippen molar-refractivity contribution in [2.45, 2.75) is 40.0 Å². The van der Waals surface area contributed by atoms with Crippen LogP contribution in [0.3, 0.4) is 0 Å². The average Bonchev–Trinajstić information content (AvgIpc) is 2.77. The van der Waals surface area contributed by atoms with Crippen LogP contribution in [-0.4, -0.2) is 26.0 Å². The van der Waals surface area contributed by atoms with Crippen molar-refractivity contribution in [1.82, 2.24) is 0 Å². The maximum Gasteiger partial charge on any atom is 0.255 e. The molecular weight excluding hydrogens is 388 g/mol. The summed E-state index contributed by atoms with van der Waals surface area (Å²) >= 11 is 0. The van der Waals surface area contributed by atoms with Crippen molar-refractivity contribution in [2.24, 2.45) is 5.41 Å². The van der Waals surface area contributed by atoms with Gasteiger partial charge in [0.15, 0.2) is 0 Å². The van der Waals surface area contributed by atoms with Gasteiger partial charge in [-0.25, -0.2) is 12.7 Å². The number of rotatable bonds is 3. The molecule has 6 nitrogen and oxygen atoms in total. The van der Waals surface area contributed by atoms with Crippen LogP contribution in [0.2, 0.25) is 0 Å². The van der Waals surface area contributed by atoms with Gasteiger partial charge >= 0.3 is 0 Å². The first-order valence-corrected chi connectivity index (χ1v) is 11.0. The minimum atomic E-state index is -3.72. The van der Waals surface area contributed by atoms with E-state index in [1.54, 1.807) is 13.8 Å². The summed E-state index contributed by atoms with van der Waals surface area (Å²) in [6, 6.07) is 13.6. The van der Waals surface area contributed by atoms with E-state index < -0.39 is 21.3 Å². The highest BCUT2D eigenvalue weighted by Gasteiger charge is 2.49. The molecule has 29 heavy (non-hydrogen) atoms. The molecule has 1 aliphatic rings. The van der Waals surface area contributed by atoms with Gasteiger partial charge in [0.05, 0.1) is 16.9 Å². The van der Waals surface area contributed by atoms with Gasteiger partial charge in [-0.1, -0.05) is 39.0 Å². The van der Waals surface area contributed by atoms with E-state index in [1.165, 1.54) is 24.3 Å². The lowest BCUT2D eigenvalue weighted by Gasteiger charge is -2.23. The Morgan fingerprint density at radius 3 is 2.14 bits per heavy atom. The molecule has 2 amide bonds. The summed E-state index contributed by atoms with van der Waals surface area (Å²) in [4.78, 5) is 25.2. The minimum Gasteiger partial charge on any atom is -0.322 e. The minimum absolute atomic E-state index is 0.134. The largest absolute Gasteiger partial charge is 0.322 e. The van der Waals surface area contributed by atoms with Crippen LogP contribution in [0.15, 0.2) is 48.5 Å². The molecule has 1 heterocycles. The van der Waals surface area contributed by atoms with E-state index in [-0.39, 0.29) is 22.8 Å². The number of para-hydroxylation sites is 1. The number of anilines is 2. The van der Waals surface area contributed by atoms with E-state index in [2.05, 4.69) is 26.1 Å². The van der Waals surface area contributed by atoms with Gasteiger partial charge in [0.25, 0.3) is 5.91 Å². The Morgan fingerprint density at radius 1 is 1.03 bits per heavy atom. The lowest BCUT2D eigenvalue weighted by atomic mass is 9.86. The lowest BCUT2D eigenvalue weighted by Crippen LogP contribution is -2.32. The summed E-state index contributed by atoms with van der Waals surface area (Å²) in [5.74, 6) is -0.997. The smallest absolute Gasteiger partial charge is 0.255 e. The van der Waals surface area contributed by atoms with E-state index in [4.69, 9.17) is 0 Å². The molecule has 3 rings (SSSR count). The third-order valence-electron chi connectivity index (χ3n) is 4.93. The topological polar surface area (TPSA) is 83.6 Å². The van der Waals surface area contributed by atoms with Crippen molar-refractivity contribution >= 4 is 33.2 Å². The Bertz CT molecular complexity index is 1060. The third kappa shape index (κ3) is 4.05. The van der Waals surface area contributed by atoms with Gasteiger partial charge in [-0.15, -0.1) is 0 Å². The second-order valence-corrected chi connectivity index (χ2v) is 10.8. The molecule has 0 bridgehead atoms. The molecule has 0 unspecified atom stereocenters. The Hall–Kier alpha value is -2.67. The van der Waals surface area contributed by atoms with Crippen LogP contribution in [0.1, 0.15) is 50.5 Å². The maximum atomic E-state index is 12.7. The van der Waals surface area contributed by atoms with Crippen LogP contribution >= 0.6 is 0 Å². The van der Waals surface area contributed by atoms with Crippen molar-refractivity contribution < 1.29 is 18.0 Å². The maximum absolute atomic E-state index is 12.7. The number of hydrogen-bond donors (Lipinski definition) is 1. The second-order valence-electron chi connectivity index (χ2n) is 9.01. The molecule has 1 aliphatic heterocycles. The van der Waals surface area contributed by atoms with E-state index in [9.17, 15) is 18.0 Å². The van der Waals surface area contributed by atoms with E-state index in [0.29, 0.717) is 5.56 Å². The van der Waals surface area contributed by atoms with Crippen LogP contribution in [-0.2, 0) is 20.2 Å². The van der Waals surface area contributed by atoms with E-state index >= 15 is 0 Å². The molecule has 0 atom stereocenters. The van der Waals surface area contributed by atoms with Gasteiger partial charge in [0.2, 0.25) is 15.9 Å². The molecule has 0 aliphatic carbocycles. The predicted molar refractivity (Wildman–Crippen MR) is 115 cm³/mol. The predicted octanol–water partition coefficient (Wildman–Crippen LogP) is 3.94. The quantitative estimate of drug-likeness (QED) is 0.825. The molecule has 0 spiro atoms. The van der Waals surface area contributed by atoms with Crippen molar-refractivity contribution in [1.29, 1.82) is 0 Å². The zero-order chi connectivity index (χ0) is 21.6. The summed E-state index contributed by atoms with van der Waals surface area (Å²) in [6.07, 6.45) is 0. The first-order valence-electron chi connectivity index (χ1n) is 9.41. The van der Waals surface area contributed by atoms with Crippen LogP contribution in [0.5, 0.6) is 0 Å². The fourth-order valence-electron chi connectivity index (χ4n) is 3.45. The van der Waals surface area contributed by atoms with Gasteiger partial charge in [0, 0.05) is 11.3 Å². The van der Waals surface area contributed by atoms with E-state index in [0.717, 1.165) is 15.6 Å². The molecule has 7 heteroatoms. The molecule has 0 saturated carbocycles. The normalized spacial score (nSPS) is 18.0. The number of hydrogen-bond acceptors (Lipinski definition) is 4. The fraction of sp³-hybridized carbons (Fsp3) is 0.364. The Kier molecular flexibility index (Phi) is 5.07. The number of nitrogens with one attached hydrogen (secondary N) is 1. The van der Waals surface area contributed by atoms with Crippen LogP contribution in [0.25, 0.3) is 0 Å². The monoisotopic (exact) mass is 414 g/mol. The van der Waals surface area contributed by atoms with Crippen LogP contribution < -0.4 is 9.62 Å². The van der Waals surface area contributed by atoms with Crippen molar-refractivity contribution in [3.05, 3.63) is 59.7 Å². The van der Waals surface area contributed by atoms with Gasteiger partial charge < -0.3 is 5.32 Å². The summed E-state index contributed by atoms with van der Waals surface area (Å²) in [5, 5.41) is 2.92. The van der Waals surface area contributed by atoms with Crippen molar-refractivity contribution in [3.63, 3.8) is 0 Å². The van der Waals surface area contributed by atoms with Gasteiger partial charge in [-0.3, -0.25) is 9.59 Å². The average molecular weight is 415 g/mol. The summed E-state index contributed by atoms with van der Waals surface area (Å²) in [5.41, 5.74) is 1.26. The number of carbonyl (C=O) groups excluding carboxylic acids is 2. The molecule has 0 radical (unpaired) electrons. The van der Waals surface area contributed by atoms with Gasteiger partial charge in [-0.05, 0) is 55.2 Å². The first kappa shape index (κ1) is 21.0. The Labute approximate surface area is 172 Å². The molecule has 2 aromatic rings. The zero-order valence-electron chi connectivity index (χ0n) is 17.3. The summed E-state index contributed by atoms with van der Waals surface area (Å²) in [7, 11) is -3.72. The lowest BCUT2D eigenvalue weighted by molar-refractivity contribution is -0.123. The third-order valence-corrected chi connectivity index (χ3v) is 6.95. The fourth-order valence-corrected chi connectivity index (χ4v) is 5.56. The van der Waals surface area contributed by atoms with E-state index in [1.807, 2.05) is 24.3 Å². The standard InChI is InChI=1S/C22H26N2O4S/c1-21(2,3)17-8-6-7-9-18(17)23-19(25)15-10-12-16(13-11-15)24-20(26)22(4,5)14-29(24,27)28/h6-13H,14H2,1-5H3,(H,23,25). The van der Waals surface area contributed by atoms with Crippen LogP contribution in [0, 0.1) is 5.41 Å². The molecular formula is C22H26N2O4S. The first-order chi connectivity index (χ1) is 13.3. The zero-order valence-corrected chi connectivity index (χ0v) is 18.1. The van der Waals surface area contributed by atoms with Gasteiger partial charge in [-0.2, -0.15) is 0 Å². The SMILES string of the molecule is CC1(C)CS(=O)(=O)N(c2ccc(C(=O)Nc3ccccc3C(C)(C)C)cc2)C1=O. The number of amides is 2. The molecule has 1 saturated heterocycles.